The highest BCUT2D eigenvalue weighted by atomic mass is 31.0. The van der Waals surface area contributed by atoms with Gasteiger partial charge in [-0.3, -0.25) is 24.0 Å². The van der Waals surface area contributed by atoms with Crippen molar-refractivity contribution in [3.63, 3.8) is 0 Å². The van der Waals surface area contributed by atoms with Crippen molar-refractivity contribution in [2.24, 2.45) is 76.0 Å². The Balaban J connectivity index is 0.000000192. The summed E-state index contributed by atoms with van der Waals surface area (Å²) in [6.45, 7) is 41.0. The number of carbonyl (C=O) groups excluding carboxylic acids is 5. The molecule has 0 spiro atoms. The molecule has 0 amide bonds. The first kappa shape index (κ1) is 114. The number of hydrogen-bond acceptors (Lipinski definition) is 34. The molecule has 0 saturated carbocycles. The molecule has 0 radical (unpaired) electrons. The van der Waals surface area contributed by atoms with E-state index in [9.17, 15) is 57.6 Å². The minimum absolute atomic E-state index is 0.00364. The standard InChI is InChI=1S/C25H37O8P.C21H36O7.C18H22F3NO4.C17H31O9P.C15H21O5P/c1-13-14(2)21(30-17(5)26)25(29-16(13)4)33-22-15(3)20-19(31-24(22)28-12-34)11-27-23(32-20)18-9-7-6-8-10-18;1-10-12(3)20(27-17(8)23)21(26-14(10)5)28-19-13(4)11(2)18(25-15(19)6)9-24-16(7)22;1-10-11(2)15(25-13(4)23)16(24-12(10)3)26-17(18(19,20)21)22-14-8-6-5-7-9-14;1-7-8(2)14(24-10(4)19)17(23-9(7)3)26-15-13(21)12(20)11(5-18)25-16(15)22-6-27;1-9-12(16)15(18-8-21)19-11-7-17-14(20-13(9)11)10-5-3-2-4-6-10/h6-10,13-16,19-25H,11-12,34H2,1-5H3;10-15,18-21H,9H2,1-8H3;5-12,15-16H,1-4H3;7-9,11-18,20-21H,5-6,27H2,1-4H3;2-6,9,11-16H,7-8,21H2,1H3/t13-,14+,15+,16?,19?,20+,21?,22?,23?,24-,25+;10-,11+,12+,13+,14?,15?,18?,19?,20?,21+;10-,11+,12?,15?,16-;7-,8+,9?,11?,12-,13+,14?,15?,16-,17+;9-,11?,12?,13+,14?,15-/m11111/s1. The predicted octanol–water partition coefficient (Wildman–Crippen LogP) is 12.1. The number of ether oxygens (including phenoxy) is 24. The normalized spacial score (nSPS) is 40.6. The minimum Gasteiger partial charge on any atom is -0.463 e. The zero-order valence-corrected chi connectivity index (χ0v) is 85.3. The van der Waals surface area contributed by atoms with Gasteiger partial charge in [-0.15, -0.1) is 27.7 Å². The highest BCUT2D eigenvalue weighted by molar-refractivity contribution is 7.16. The molecule has 3 aromatic carbocycles. The van der Waals surface area contributed by atoms with E-state index in [4.69, 9.17) is 114 Å². The lowest BCUT2D eigenvalue weighted by molar-refractivity contribution is -0.379. The number of aliphatic hydroxyl groups is 4. The molecular weight excluding hydrogens is 1840 g/mol. The summed E-state index contributed by atoms with van der Waals surface area (Å²) in [6, 6.07) is 27.3. The highest BCUT2D eigenvalue weighted by Crippen LogP contribution is 2.46. The Labute approximate surface area is 803 Å². The first-order valence-electron chi connectivity index (χ1n) is 47.0. The van der Waals surface area contributed by atoms with E-state index in [1.807, 2.05) is 116 Å². The lowest BCUT2D eigenvalue weighted by Crippen LogP contribution is -2.62. The summed E-state index contributed by atoms with van der Waals surface area (Å²) >= 11 is 0. The summed E-state index contributed by atoms with van der Waals surface area (Å²) in [7, 11) is 7.37. The van der Waals surface area contributed by atoms with Crippen molar-refractivity contribution in [2.45, 2.75) is 343 Å². The average Bonchev–Trinajstić information content (AvgIpc) is 0.770. The maximum absolute atomic E-state index is 13.4. The Morgan fingerprint density at radius 2 is 0.721 bits per heavy atom. The zero-order chi connectivity index (χ0) is 100. The van der Waals surface area contributed by atoms with Crippen molar-refractivity contribution in [3.8, 4) is 0 Å². The monoisotopic (exact) mass is 1990 g/mol. The fraction of sp³-hybridized carbons (Fsp3) is 0.750. The van der Waals surface area contributed by atoms with Crippen molar-refractivity contribution in [1.82, 2.24) is 0 Å². The van der Waals surface area contributed by atoms with Crippen LogP contribution in [0.3, 0.4) is 0 Å². The second kappa shape index (κ2) is 53.3. The van der Waals surface area contributed by atoms with E-state index >= 15 is 0 Å². The van der Waals surface area contributed by atoms with Crippen LogP contribution in [0, 0.1) is 71.0 Å². The molecule has 40 heteroatoms. The predicted molar refractivity (Wildman–Crippen MR) is 494 cm³/mol. The number of halogens is 3. The fourth-order valence-corrected chi connectivity index (χ4v) is 18.8. The van der Waals surface area contributed by atoms with Crippen molar-refractivity contribution in [3.05, 3.63) is 102 Å². The Morgan fingerprint density at radius 1 is 0.360 bits per heavy atom. The van der Waals surface area contributed by atoms with Crippen LogP contribution in [0.5, 0.6) is 0 Å². The number of nitrogens with zero attached hydrogens (tertiary/aromatic N) is 1. The van der Waals surface area contributed by atoms with Crippen LogP contribution in [-0.4, -0.2) is 280 Å². The number of hydrogen-bond donors (Lipinski definition) is 4. The van der Waals surface area contributed by atoms with Gasteiger partial charge in [-0.2, -0.15) is 13.2 Å². The van der Waals surface area contributed by atoms with Gasteiger partial charge >= 0.3 is 36.0 Å². The van der Waals surface area contributed by atoms with E-state index in [1.54, 1.807) is 32.0 Å². The van der Waals surface area contributed by atoms with Gasteiger partial charge in [0.1, 0.15) is 55.4 Å². The molecule has 4 N–H and O–H groups in total. The van der Waals surface area contributed by atoms with Crippen LogP contribution in [-0.2, 0) is 138 Å². The smallest absolute Gasteiger partial charge is 0.463 e. The first-order chi connectivity index (χ1) is 64.3. The van der Waals surface area contributed by atoms with Gasteiger partial charge in [-0.25, -0.2) is 4.99 Å². The molecule has 13 rings (SSSR count). The quantitative estimate of drug-likeness (QED) is 0.0225. The molecule has 0 aromatic heterocycles. The maximum Gasteiger partial charge on any atom is 0.468 e. The van der Waals surface area contributed by atoms with Gasteiger partial charge in [-0.1, -0.05) is 162 Å². The maximum atomic E-state index is 13.4. The van der Waals surface area contributed by atoms with Crippen molar-refractivity contribution >= 4 is 69.2 Å². The van der Waals surface area contributed by atoms with Crippen LogP contribution in [0.25, 0.3) is 0 Å². The molecule has 770 valence electrons. The van der Waals surface area contributed by atoms with Gasteiger partial charge < -0.3 is 134 Å². The molecule has 45 atom stereocenters. The molecule has 10 fully saturated rings. The van der Waals surface area contributed by atoms with E-state index in [-0.39, 0.29) is 175 Å². The van der Waals surface area contributed by atoms with Gasteiger partial charge in [-0.05, 0) is 82.3 Å². The number of benzene rings is 3. The zero-order valence-electron chi connectivity index (χ0n) is 81.8. The first-order valence-corrected chi connectivity index (χ1v) is 49.4. The van der Waals surface area contributed by atoms with E-state index in [2.05, 4.69) is 81.2 Å². The number of fused-ring (bicyclic) bond motifs is 2. The van der Waals surface area contributed by atoms with E-state index in [0.29, 0.717) is 25.9 Å². The lowest BCUT2D eigenvalue weighted by Gasteiger charge is -2.50. The number of aliphatic imine (C=N–C) groups is 1. The molecule has 10 heterocycles. The van der Waals surface area contributed by atoms with Crippen LogP contribution in [0.2, 0.25) is 0 Å². The summed E-state index contributed by atoms with van der Waals surface area (Å²) < 4.78 is 179. The Kier molecular flexibility index (Phi) is 44.8. The average molecular weight is 1990 g/mol. The molecule has 10 saturated heterocycles. The van der Waals surface area contributed by atoms with Gasteiger partial charge in [0.25, 0.3) is 5.90 Å². The largest absolute Gasteiger partial charge is 0.468 e. The van der Waals surface area contributed by atoms with Crippen LogP contribution < -0.4 is 0 Å². The van der Waals surface area contributed by atoms with E-state index in [0.717, 1.165) is 11.1 Å². The fourth-order valence-electron chi connectivity index (χ4n) is 18.2. The molecule has 136 heavy (non-hydrogen) atoms. The van der Waals surface area contributed by atoms with Crippen LogP contribution in [0.4, 0.5) is 18.9 Å². The molecular formula is C96H147F3NO33P3. The third-order valence-corrected chi connectivity index (χ3v) is 28.3. The molecule has 22 unspecified atom stereocenters. The Bertz CT molecular complexity index is 4150. The van der Waals surface area contributed by atoms with Crippen LogP contribution in [0.15, 0.2) is 96.0 Å². The van der Waals surface area contributed by atoms with Crippen LogP contribution >= 0.6 is 27.7 Å². The van der Waals surface area contributed by atoms with Crippen LogP contribution in [0.1, 0.15) is 176 Å². The number of aliphatic hydroxyl groups excluding tert-OH is 4. The van der Waals surface area contributed by atoms with Crippen molar-refractivity contribution in [2.75, 3.05) is 45.5 Å². The summed E-state index contributed by atoms with van der Waals surface area (Å²) in [5.74, 6) is -3.04. The summed E-state index contributed by atoms with van der Waals surface area (Å²) in [6.07, 6.45) is -21.7. The van der Waals surface area contributed by atoms with Gasteiger partial charge in [0.05, 0.1) is 99.5 Å². The van der Waals surface area contributed by atoms with E-state index in [1.165, 1.54) is 46.8 Å². The number of alkyl halides is 3. The number of rotatable bonds is 23. The SMILES string of the molecule is CC(=O)OC1[C@@H](OC(=Nc2ccccc2)C(F)(F)F)OC(C)[C@H](C)[C@@H]1C.CC(=O)OC1[C@H](OC2[C@H](OCP)OC(CO)[C@@H](O)[C@@H]2O)OC(C)[C@H](C)[C@@H]1C.CC(=O)OC1[C@H](OC2[C@H](OCP)OC3COC(c4ccccc4)O[C@H]3[C@@H]2C)OC(C)[C@H](C)[C@@H]1C.CC(=O)OCC1OC(C)C(O[C@@H]2OC(C)[C@H](C)[C@H](C)C2OC(C)=O)[C@@H](C)[C@@H]1C.C[C@@H]1C(O)[C@H](OCP)OC2COC(c3ccccc3)O[C@H]21. The number of carbonyl (C=O) groups is 5. The number of para-hydroxylation sites is 1. The van der Waals surface area contributed by atoms with Gasteiger partial charge in [0.15, 0.2) is 74.7 Å². The molecule has 0 aliphatic carbocycles. The van der Waals surface area contributed by atoms with Gasteiger partial charge in [0.2, 0.25) is 6.29 Å². The third kappa shape index (κ3) is 30.4. The topological polar surface area (TPSA) is 400 Å². The molecule has 0 bridgehead atoms. The van der Waals surface area contributed by atoms with Crippen molar-refractivity contribution < 1.29 is 171 Å². The van der Waals surface area contributed by atoms with Gasteiger partial charge in [0, 0.05) is 81.3 Å². The summed E-state index contributed by atoms with van der Waals surface area (Å²) in [4.78, 5) is 61.1. The summed E-state index contributed by atoms with van der Waals surface area (Å²) in [5.41, 5.74) is 2.02. The summed E-state index contributed by atoms with van der Waals surface area (Å²) in [5, 5.41) is 40.3. The Morgan fingerprint density at radius 3 is 1.12 bits per heavy atom. The third-order valence-electron chi connectivity index (χ3n) is 27.7. The molecule has 34 nitrogen and oxygen atoms in total. The Hall–Kier alpha value is -5.32. The lowest BCUT2D eigenvalue weighted by atomic mass is 9.81. The van der Waals surface area contributed by atoms with Crippen molar-refractivity contribution in [1.29, 1.82) is 0 Å². The van der Waals surface area contributed by atoms with E-state index < -0.39 is 148 Å². The molecule has 10 aliphatic rings. The second-order valence-electron chi connectivity index (χ2n) is 36.9. The molecule has 3 aromatic rings. The highest BCUT2D eigenvalue weighted by Gasteiger charge is 2.57. The number of esters is 5. The second-order valence-corrected chi connectivity index (χ2v) is 37.9. The minimum atomic E-state index is -4.82. The molecule has 10 aliphatic heterocycles.